The SMILES string of the molecule is CCC(C)C1CC2CCC1(NC1=NCCO1)C2. The molecule has 3 aliphatic rings. The van der Waals surface area contributed by atoms with Gasteiger partial charge in [0.05, 0.1) is 6.54 Å². The van der Waals surface area contributed by atoms with Gasteiger partial charge in [-0.25, -0.2) is 4.99 Å². The molecule has 0 radical (unpaired) electrons. The van der Waals surface area contributed by atoms with Crippen LogP contribution in [0.2, 0.25) is 0 Å². The van der Waals surface area contributed by atoms with Gasteiger partial charge in [0.25, 0.3) is 6.02 Å². The molecule has 0 aromatic rings. The number of nitrogens with zero attached hydrogens (tertiary/aromatic N) is 1. The van der Waals surface area contributed by atoms with Gasteiger partial charge in [0, 0.05) is 5.54 Å². The summed E-state index contributed by atoms with van der Waals surface area (Å²) in [5.41, 5.74) is 0.309. The monoisotopic (exact) mass is 236 g/mol. The molecular weight excluding hydrogens is 212 g/mol. The van der Waals surface area contributed by atoms with Gasteiger partial charge in [0.1, 0.15) is 6.61 Å². The maximum Gasteiger partial charge on any atom is 0.285 e. The van der Waals surface area contributed by atoms with Crippen LogP contribution in [-0.4, -0.2) is 24.7 Å². The quantitative estimate of drug-likeness (QED) is 0.817. The minimum absolute atomic E-state index is 0.309. The van der Waals surface area contributed by atoms with Crippen molar-refractivity contribution in [1.82, 2.24) is 5.32 Å². The van der Waals surface area contributed by atoms with Gasteiger partial charge in [-0.05, 0) is 43.4 Å². The zero-order valence-corrected chi connectivity index (χ0v) is 11.0. The number of rotatable bonds is 3. The lowest BCUT2D eigenvalue weighted by Crippen LogP contribution is -2.52. The molecule has 0 aromatic carbocycles. The van der Waals surface area contributed by atoms with Crippen molar-refractivity contribution in [2.45, 2.75) is 51.5 Å². The molecule has 1 heterocycles. The molecule has 17 heavy (non-hydrogen) atoms. The molecule has 0 spiro atoms. The summed E-state index contributed by atoms with van der Waals surface area (Å²) in [6.07, 6.45) is 6.75. The number of amidine groups is 1. The van der Waals surface area contributed by atoms with Gasteiger partial charge in [-0.1, -0.05) is 20.3 Å². The molecule has 2 bridgehead atoms. The first kappa shape index (κ1) is 11.4. The van der Waals surface area contributed by atoms with Crippen molar-refractivity contribution < 1.29 is 4.74 Å². The van der Waals surface area contributed by atoms with Crippen molar-refractivity contribution >= 4 is 6.02 Å². The van der Waals surface area contributed by atoms with Crippen LogP contribution in [0.1, 0.15) is 46.0 Å². The van der Waals surface area contributed by atoms with E-state index in [1.807, 2.05) is 0 Å². The van der Waals surface area contributed by atoms with Crippen LogP contribution in [0.4, 0.5) is 0 Å². The Morgan fingerprint density at radius 1 is 1.59 bits per heavy atom. The van der Waals surface area contributed by atoms with Crippen LogP contribution >= 0.6 is 0 Å². The Morgan fingerprint density at radius 3 is 3.12 bits per heavy atom. The van der Waals surface area contributed by atoms with Gasteiger partial charge < -0.3 is 10.1 Å². The summed E-state index contributed by atoms with van der Waals surface area (Å²) in [5, 5.41) is 3.68. The third kappa shape index (κ3) is 1.84. The Bertz CT molecular complexity index is 328. The molecule has 4 atom stereocenters. The van der Waals surface area contributed by atoms with Crippen molar-refractivity contribution in [1.29, 1.82) is 0 Å². The fraction of sp³-hybridized carbons (Fsp3) is 0.929. The van der Waals surface area contributed by atoms with Crippen LogP contribution in [0.25, 0.3) is 0 Å². The number of nitrogens with one attached hydrogen (secondary N) is 1. The minimum atomic E-state index is 0.309. The number of hydrogen-bond acceptors (Lipinski definition) is 3. The first-order valence-corrected chi connectivity index (χ1v) is 7.19. The second-order valence-electron chi connectivity index (χ2n) is 6.15. The molecule has 2 fully saturated rings. The van der Waals surface area contributed by atoms with E-state index in [1.165, 1.54) is 32.1 Å². The summed E-state index contributed by atoms with van der Waals surface area (Å²) in [6.45, 7) is 6.31. The summed E-state index contributed by atoms with van der Waals surface area (Å²) in [7, 11) is 0. The first-order chi connectivity index (χ1) is 8.23. The van der Waals surface area contributed by atoms with E-state index in [-0.39, 0.29) is 0 Å². The van der Waals surface area contributed by atoms with Gasteiger partial charge >= 0.3 is 0 Å². The molecule has 0 amide bonds. The van der Waals surface area contributed by atoms with Crippen LogP contribution in [-0.2, 0) is 4.74 Å². The highest BCUT2D eigenvalue weighted by Crippen LogP contribution is 2.54. The molecule has 3 rings (SSSR count). The van der Waals surface area contributed by atoms with E-state index in [0.717, 1.165) is 36.9 Å². The van der Waals surface area contributed by atoms with Crippen molar-refractivity contribution in [3.63, 3.8) is 0 Å². The lowest BCUT2D eigenvalue weighted by molar-refractivity contribution is 0.172. The topological polar surface area (TPSA) is 33.6 Å². The summed E-state index contributed by atoms with van der Waals surface area (Å²) >= 11 is 0. The van der Waals surface area contributed by atoms with Gasteiger partial charge in [-0.15, -0.1) is 0 Å². The minimum Gasteiger partial charge on any atom is -0.463 e. The van der Waals surface area contributed by atoms with Crippen LogP contribution in [0.5, 0.6) is 0 Å². The van der Waals surface area contributed by atoms with Crippen molar-refractivity contribution in [3.8, 4) is 0 Å². The molecule has 3 nitrogen and oxygen atoms in total. The average Bonchev–Trinajstić information content (AvgIpc) is 3.03. The predicted octanol–water partition coefficient (Wildman–Crippen LogP) is 2.57. The Morgan fingerprint density at radius 2 is 2.47 bits per heavy atom. The van der Waals surface area contributed by atoms with E-state index in [1.54, 1.807) is 0 Å². The van der Waals surface area contributed by atoms with E-state index in [2.05, 4.69) is 24.2 Å². The van der Waals surface area contributed by atoms with Crippen LogP contribution in [0, 0.1) is 17.8 Å². The molecule has 2 aliphatic carbocycles. The predicted molar refractivity (Wildman–Crippen MR) is 69.0 cm³/mol. The summed E-state index contributed by atoms with van der Waals surface area (Å²) in [6, 6.07) is 0.820. The fourth-order valence-corrected chi connectivity index (χ4v) is 4.20. The summed E-state index contributed by atoms with van der Waals surface area (Å²) in [5.74, 6) is 2.58. The number of ether oxygens (including phenoxy) is 1. The van der Waals surface area contributed by atoms with Crippen LogP contribution in [0.15, 0.2) is 4.99 Å². The van der Waals surface area contributed by atoms with Crippen LogP contribution < -0.4 is 5.32 Å². The second-order valence-corrected chi connectivity index (χ2v) is 6.15. The molecule has 0 aromatic heterocycles. The summed E-state index contributed by atoms with van der Waals surface area (Å²) in [4.78, 5) is 4.41. The second kappa shape index (κ2) is 4.18. The highest BCUT2D eigenvalue weighted by molar-refractivity contribution is 5.75. The van der Waals surface area contributed by atoms with E-state index >= 15 is 0 Å². The first-order valence-electron chi connectivity index (χ1n) is 7.19. The molecule has 3 heteroatoms. The van der Waals surface area contributed by atoms with E-state index in [0.29, 0.717) is 5.54 Å². The van der Waals surface area contributed by atoms with Crippen molar-refractivity contribution in [2.24, 2.45) is 22.7 Å². The van der Waals surface area contributed by atoms with E-state index < -0.39 is 0 Å². The third-order valence-electron chi connectivity index (χ3n) is 5.22. The Kier molecular flexibility index (Phi) is 2.80. The molecular formula is C14H24N2O. The highest BCUT2D eigenvalue weighted by Gasteiger charge is 2.53. The Labute approximate surface area is 104 Å². The molecule has 4 unspecified atom stereocenters. The standard InChI is InChI=1S/C14H24N2O/c1-3-10(2)12-8-11-4-5-14(12,9-11)16-13-15-6-7-17-13/h10-12H,3-9H2,1-2H3,(H,15,16). The molecule has 1 aliphatic heterocycles. The molecule has 96 valence electrons. The van der Waals surface area contributed by atoms with Gasteiger partial charge in [-0.3, -0.25) is 0 Å². The van der Waals surface area contributed by atoms with Crippen molar-refractivity contribution in [2.75, 3.05) is 13.2 Å². The Hall–Kier alpha value is -0.730. The molecule has 2 saturated carbocycles. The Balaban J connectivity index is 1.77. The maximum absolute atomic E-state index is 5.56. The van der Waals surface area contributed by atoms with E-state index in [4.69, 9.17) is 4.74 Å². The summed E-state index contributed by atoms with van der Waals surface area (Å²) < 4.78 is 5.56. The maximum atomic E-state index is 5.56. The average molecular weight is 236 g/mol. The zero-order valence-electron chi connectivity index (χ0n) is 11.0. The van der Waals surface area contributed by atoms with Crippen LogP contribution in [0.3, 0.4) is 0 Å². The van der Waals surface area contributed by atoms with Gasteiger partial charge in [0.2, 0.25) is 0 Å². The van der Waals surface area contributed by atoms with Gasteiger partial charge in [0.15, 0.2) is 0 Å². The largest absolute Gasteiger partial charge is 0.463 e. The lowest BCUT2D eigenvalue weighted by atomic mass is 9.74. The molecule has 0 saturated heterocycles. The number of fused-ring (bicyclic) bond motifs is 2. The smallest absolute Gasteiger partial charge is 0.285 e. The van der Waals surface area contributed by atoms with E-state index in [9.17, 15) is 0 Å². The van der Waals surface area contributed by atoms with Gasteiger partial charge in [-0.2, -0.15) is 0 Å². The third-order valence-corrected chi connectivity index (χ3v) is 5.22. The zero-order chi connectivity index (χ0) is 11.9. The highest BCUT2D eigenvalue weighted by atomic mass is 16.5. The van der Waals surface area contributed by atoms with Crippen molar-refractivity contribution in [3.05, 3.63) is 0 Å². The normalized spacial score (nSPS) is 41.2. The fourth-order valence-electron chi connectivity index (χ4n) is 4.20. The molecule has 1 N–H and O–H groups in total. The number of hydrogen-bond donors (Lipinski definition) is 1. The lowest BCUT2D eigenvalue weighted by Gasteiger charge is -2.39. The number of aliphatic imine (C=N–C) groups is 1.